The van der Waals surface area contributed by atoms with Gasteiger partial charge >= 0.3 is 0 Å². The number of aromatic nitrogens is 1. The summed E-state index contributed by atoms with van der Waals surface area (Å²) in [6, 6.07) is 9.05. The molecule has 1 amide bonds. The molecule has 112 valence electrons. The van der Waals surface area contributed by atoms with E-state index < -0.39 is 0 Å². The monoisotopic (exact) mass is 307 g/mol. The highest BCUT2D eigenvalue weighted by Crippen LogP contribution is 2.22. The summed E-state index contributed by atoms with van der Waals surface area (Å²) in [6.45, 7) is 5.41. The van der Waals surface area contributed by atoms with Crippen LogP contribution in [0.2, 0.25) is 5.02 Å². The Hall–Kier alpha value is -1.85. The molecule has 6 heteroatoms. The summed E-state index contributed by atoms with van der Waals surface area (Å²) in [5, 5.41) is 10.5. The van der Waals surface area contributed by atoms with Gasteiger partial charge in [-0.25, -0.2) is 0 Å². The van der Waals surface area contributed by atoms with Gasteiger partial charge in [0.2, 0.25) is 5.76 Å². The molecule has 2 N–H and O–H groups in total. The van der Waals surface area contributed by atoms with E-state index in [1.54, 1.807) is 18.2 Å². The van der Waals surface area contributed by atoms with Crippen LogP contribution in [-0.4, -0.2) is 30.2 Å². The number of nitrogens with one attached hydrogen (secondary N) is 2. The van der Waals surface area contributed by atoms with Crippen molar-refractivity contribution in [2.24, 2.45) is 0 Å². The zero-order chi connectivity index (χ0) is 15.2. The van der Waals surface area contributed by atoms with Crippen LogP contribution < -0.4 is 10.6 Å². The minimum absolute atomic E-state index is 0.189. The standard InChI is InChI=1S/C15H18ClN3O2/c1-3-17-10(2)9-18-15(20)14-8-13(19-21-14)11-5-4-6-12(16)7-11/h4-8,10,17H,3,9H2,1-2H3,(H,18,20)/t10-/m1/s1. The zero-order valence-electron chi connectivity index (χ0n) is 12.0. The van der Waals surface area contributed by atoms with Gasteiger partial charge in [-0.1, -0.05) is 35.8 Å². The Balaban J connectivity index is 2.01. The van der Waals surface area contributed by atoms with Crippen molar-refractivity contribution in [1.82, 2.24) is 15.8 Å². The van der Waals surface area contributed by atoms with Gasteiger partial charge in [0.05, 0.1) is 0 Å². The van der Waals surface area contributed by atoms with Gasteiger partial charge in [-0.15, -0.1) is 0 Å². The third kappa shape index (κ3) is 4.31. The van der Waals surface area contributed by atoms with Gasteiger partial charge in [0.25, 0.3) is 5.91 Å². The van der Waals surface area contributed by atoms with Gasteiger partial charge in [0.15, 0.2) is 0 Å². The molecule has 0 aliphatic heterocycles. The summed E-state index contributed by atoms with van der Waals surface area (Å²) in [7, 11) is 0. The maximum Gasteiger partial charge on any atom is 0.289 e. The minimum atomic E-state index is -0.277. The average Bonchev–Trinajstić information content (AvgIpc) is 2.95. The fraction of sp³-hybridized carbons (Fsp3) is 0.333. The largest absolute Gasteiger partial charge is 0.350 e. The van der Waals surface area contributed by atoms with Crippen LogP contribution >= 0.6 is 11.6 Å². The molecule has 1 aromatic carbocycles. The third-order valence-electron chi connectivity index (χ3n) is 2.98. The molecule has 0 saturated heterocycles. The van der Waals surface area contributed by atoms with Gasteiger partial charge < -0.3 is 15.2 Å². The van der Waals surface area contributed by atoms with E-state index in [-0.39, 0.29) is 17.7 Å². The van der Waals surface area contributed by atoms with Gasteiger partial charge in [0.1, 0.15) is 5.69 Å². The van der Waals surface area contributed by atoms with Crippen molar-refractivity contribution in [2.75, 3.05) is 13.1 Å². The SMILES string of the molecule is CCN[C@H](C)CNC(=O)c1cc(-c2cccc(Cl)c2)no1. The quantitative estimate of drug-likeness (QED) is 0.861. The second kappa shape index (κ2) is 7.24. The van der Waals surface area contributed by atoms with E-state index in [2.05, 4.69) is 15.8 Å². The Morgan fingerprint density at radius 2 is 2.24 bits per heavy atom. The van der Waals surface area contributed by atoms with Crippen LogP contribution in [0.5, 0.6) is 0 Å². The lowest BCUT2D eigenvalue weighted by Crippen LogP contribution is -2.38. The Bertz CT molecular complexity index is 612. The lowest BCUT2D eigenvalue weighted by atomic mass is 10.1. The van der Waals surface area contributed by atoms with Crippen molar-refractivity contribution >= 4 is 17.5 Å². The van der Waals surface area contributed by atoms with E-state index in [0.717, 1.165) is 12.1 Å². The second-order valence-corrected chi connectivity index (χ2v) is 5.19. The number of hydrogen-bond acceptors (Lipinski definition) is 4. The van der Waals surface area contributed by atoms with E-state index in [1.807, 2.05) is 26.0 Å². The molecule has 0 bridgehead atoms. The summed E-state index contributed by atoms with van der Waals surface area (Å²) in [4.78, 5) is 12.0. The average molecular weight is 308 g/mol. The van der Waals surface area contributed by atoms with E-state index in [9.17, 15) is 4.79 Å². The Labute approximate surface area is 128 Å². The molecule has 2 aromatic rings. The summed E-state index contributed by atoms with van der Waals surface area (Å²) in [5.74, 6) is -0.0887. The smallest absolute Gasteiger partial charge is 0.289 e. The molecule has 1 atom stereocenters. The highest BCUT2D eigenvalue weighted by atomic mass is 35.5. The van der Waals surface area contributed by atoms with Crippen LogP contribution in [-0.2, 0) is 0 Å². The number of hydrogen-bond donors (Lipinski definition) is 2. The van der Waals surface area contributed by atoms with Crippen LogP contribution in [0.3, 0.4) is 0 Å². The molecule has 0 saturated carbocycles. The fourth-order valence-corrected chi connectivity index (χ4v) is 2.11. The summed E-state index contributed by atoms with van der Waals surface area (Å²) < 4.78 is 5.09. The highest BCUT2D eigenvalue weighted by Gasteiger charge is 2.14. The molecule has 0 radical (unpaired) electrons. The normalized spacial score (nSPS) is 12.1. The maximum absolute atomic E-state index is 12.0. The third-order valence-corrected chi connectivity index (χ3v) is 3.21. The van der Waals surface area contributed by atoms with E-state index >= 15 is 0 Å². The maximum atomic E-state index is 12.0. The topological polar surface area (TPSA) is 67.2 Å². The molecular weight excluding hydrogens is 290 g/mol. The van der Waals surface area contributed by atoms with E-state index in [4.69, 9.17) is 16.1 Å². The molecule has 21 heavy (non-hydrogen) atoms. The molecule has 5 nitrogen and oxygen atoms in total. The number of carbonyl (C=O) groups is 1. The predicted octanol–water partition coefficient (Wildman–Crippen LogP) is 2.72. The lowest BCUT2D eigenvalue weighted by Gasteiger charge is -2.11. The van der Waals surface area contributed by atoms with E-state index in [1.165, 1.54) is 0 Å². The first kappa shape index (κ1) is 15.5. The first-order valence-electron chi connectivity index (χ1n) is 6.84. The van der Waals surface area contributed by atoms with Crippen LogP contribution in [0.25, 0.3) is 11.3 Å². The summed E-state index contributed by atoms with van der Waals surface area (Å²) in [6.07, 6.45) is 0. The van der Waals surface area contributed by atoms with Gasteiger partial charge in [-0.2, -0.15) is 0 Å². The van der Waals surface area contributed by atoms with E-state index in [0.29, 0.717) is 17.3 Å². The lowest BCUT2D eigenvalue weighted by molar-refractivity contribution is 0.0913. The number of nitrogens with zero attached hydrogens (tertiary/aromatic N) is 1. The fourth-order valence-electron chi connectivity index (χ4n) is 1.92. The highest BCUT2D eigenvalue weighted by molar-refractivity contribution is 6.30. The first-order chi connectivity index (χ1) is 10.1. The molecule has 1 aromatic heterocycles. The van der Waals surface area contributed by atoms with Crippen LogP contribution in [0.1, 0.15) is 24.4 Å². The molecule has 0 aliphatic carbocycles. The summed E-state index contributed by atoms with van der Waals surface area (Å²) >= 11 is 5.93. The Morgan fingerprint density at radius 3 is 2.95 bits per heavy atom. The number of rotatable bonds is 6. The van der Waals surface area contributed by atoms with Crippen molar-refractivity contribution in [1.29, 1.82) is 0 Å². The van der Waals surface area contributed by atoms with Crippen molar-refractivity contribution < 1.29 is 9.32 Å². The van der Waals surface area contributed by atoms with Crippen molar-refractivity contribution in [3.05, 3.63) is 41.1 Å². The van der Waals surface area contributed by atoms with Crippen molar-refractivity contribution in [2.45, 2.75) is 19.9 Å². The predicted molar refractivity (Wildman–Crippen MR) is 82.4 cm³/mol. The number of amides is 1. The first-order valence-corrected chi connectivity index (χ1v) is 7.22. The van der Waals surface area contributed by atoms with Crippen LogP contribution in [0.4, 0.5) is 0 Å². The second-order valence-electron chi connectivity index (χ2n) is 4.76. The Morgan fingerprint density at radius 1 is 1.43 bits per heavy atom. The molecule has 0 spiro atoms. The van der Waals surface area contributed by atoms with Gasteiger partial charge in [-0.05, 0) is 25.6 Å². The molecule has 0 unspecified atom stereocenters. The molecule has 0 aliphatic rings. The molecule has 0 fully saturated rings. The zero-order valence-corrected chi connectivity index (χ0v) is 12.8. The summed E-state index contributed by atoms with van der Waals surface area (Å²) in [5.41, 5.74) is 1.40. The molecule has 2 rings (SSSR count). The van der Waals surface area contributed by atoms with Crippen LogP contribution in [0.15, 0.2) is 34.9 Å². The van der Waals surface area contributed by atoms with Gasteiger partial charge in [-0.3, -0.25) is 4.79 Å². The minimum Gasteiger partial charge on any atom is -0.350 e. The van der Waals surface area contributed by atoms with Crippen molar-refractivity contribution in [3.63, 3.8) is 0 Å². The molecule has 1 heterocycles. The molecular formula is C15H18ClN3O2. The van der Waals surface area contributed by atoms with Crippen LogP contribution in [0, 0.1) is 0 Å². The van der Waals surface area contributed by atoms with Gasteiger partial charge in [0, 0.05) is 29.2 Å². The number of benzene rings is 1. The number of likely N-dealkylation sites (N-methyl/N-ethyl adjacent to an activating group) is 1. The number of halogens is 1. The Kier molecular flexibility index (Phi) is 5.36. The van der Waals surface area contributed by atoms with Crippen molar-refractivity contribution in [3.8, 4) is 11.3 Å². The number of carbonyl (C=O) groups excluding carboxylic acids is 1.